The first kappa shape index (κ1) is 19.3. The van der Waals surface area contributed by atoms with Crippen LogP contribution in [-0.2, 0) is 13.0 Å². The van der Waals surface area contributed by atoms with E-state index in [0.29, 0.717) is 5.92 Å². The third-order valence-electron chi connectivity index (χ3n) is 6.00. The first-order chi connectivity index (χ1) is 13.4. The Bertz CT molecular complexity index is 790. The Hall–Kier alpha value is -2.01. The lowest BCUT2D eigenvalue weighted by Crippen LogP contribution is -2.24. The van der Waals surface area contributed by atoms with E-state index in [4.69, 9.17) is 0 Å². The second-order valence-corrected chi connectivity index (χ2v) is 7.92. The van der Waals surface area contributed by atoms with E-state index < -0.39 is 6.36 Å². The number of alkyl halides is 3. The van der Waals surface area contributed by atoms with Gasteiger partial charge in [0.1, 0.15) is 5.75 Å². The van der Waals surface area contributed by atoms with Crippen molar-refractivity contribution >= 4 is 0 Å². The highest BCUT2D eigenvalue weighted by atomic mass is 19.4. The average Bonchev–Trinajstić information content (AvgIpc) is 3.11. The van der Waals surface area contributed by atoms with Crippen LogP contribution in [0.2, 0.25) is 0 Å². The Kier molecular flexibility index (Phi) is 5.37. The number of halogens is 3. The zero-order chi connectivity index (χ0) is 19.7. The standard InChI is InChI=1S/C23H25F3NO/c1-2-16-6-8-18(9-7-16)13-27-14-21-20(22(21)15-27)11-10-17-4-3-5-19(12-17)28-23(24,25)26/h3-10,12,20-22H,2,11,13-15H2,1H3. The lowest BCUT2D eigenvalue weighted by Gasteiger charge is -2.19. The van der Waals surface area contributed by atoms with Crippen LogP contribution in [0.15, 0.2) is 48.5 Å². The zero-order valence-electron chi connectivity index (χ0n) is 16.0. The molecule has 5 heteroatoms. The predicted octanol–water partition coefficient (Wildman–Crippen LogP) is 5.47. The molecule has 0 amide bonds. The summed E-state index contributed by atoms with van der Waals surface area (Å²) in [5, 5.41) is 0. The van der Waals surface area contributed by atoms with Crippen LogP contribution in [0.1, 0.15) is 30.0 Å². The molecule has 0 bridgehead atoms. The molecule has 1 saturated carbocycles. The number of aryl methyl sites for hydroxylation is 1. The summed E-state index contributed by atoms with van der Waals surface area (Å²) in [6.07, 6.45) is -0.617. The number of hydrogen-bond donors (Lipinski definition) is 0. The summed E-state index contributed by atoms with van der Waals surface area (Å²) in [5.74, 6) is 1.95. The van der Waals surface area contributed by atoms with E-state index in [1.54, 1.807) is 6.07 Å². The number of likely N-dealkylation sites (tertiary alicyclic amines) is 1. The number of ether oxygens (including phenoxy) is 1. The van der Waals surface area contributed by atoms with Crippen molar-refractivity contribution in [2.45, 2.75) is 32.7 Å². The summed E-state index contributed by atoms with van der Waals surface area (Å²) >= 11 is 0. The van der Waals surface area contributed by atoms with Crippen LogP contribution in [0.5, 0.6) is 5.75 Å². The average molecular weight is 388 g/mol. The maximum atomic E-state index is 12.3. The van der Waals surface area contributed by atoms with E-state index in [0.717, 1.165) is 49.9 Å². The van der Waals surface area contributed by atoms with E-state index in [1.807, 2.05) is 12.5 Å². The van der Waals surface area contributed by atoms with Crippen LogP contribution in [0.3, 0.4) is 0 Å². The Morgan fingerprint density at radius 3 is 2.36 bits per heavy atom. The van der Waals surface area contributed by atoms with Crippen molar-refractivity contribution in [2.75, 3.05) is 13.1 Å². The molecule has 0 aromatic heterocycles. The fourth-order valence-electron chi connectivity index (χ4n) is 4.46. The Balaban J connectivity index is 1.23. The van der Waals surface area contributed by atoms with Gasteiger partial charge in [0.25, 0.3) is 0 Å². The molecule has 2 aromatic rings. The molecule has 1 aliphatic carbocycles. The van der Waals surface area contributed by atoms with Crippen molar-refractivity contribution < 1.29 is 17.9 Å². The number of fused-ring (bicyclic) bond motifs is 1. The topological polar surface area (TPSA) is 12.5 Å². The molecule has 0 spiro atoms. The first-order valence-electron chi connectivity index (χ1n) is 9.90. The highest BCUT2D eigenvalue weighted by Crippen LogP contribution is 2.54. The minimum Gasteiger partial charge on any atom is -0.406 e. The predicted molar refractivity (Wildman–Crippen MR) is 103 cm³/mol. The lowest BCUT2D eigenvalue weighted by molar-refractivity contribution is -0.274. The number of benzene rings is 2. The van der Waals surface area contributed by atoms with Crippen LogP contribution >= 0.6 is 0 Å². The van der Waals surface area contributed by atoms with Gasteiger partial charge in [0, 0.05) is 19.6 Å². The van der Waals surface area contributed by atoms with Crippen molar-refractivity contribution in [3.05, 3.63) is 71.6 Å². The van der Waals surface area contributed by atoms with Crippen molar-refractivity contribution in [1.82, 2.24) is 4.90 Å². The van der Waals surface area contributed by atoms with Gasteiger partial charge in [-0.05, 0) is 65.8 Å². The van der Waals surface area contributed by atoms with E-state index in [1.165, 1.54) is 23.3 Å². The molecule has 1 saturated heterocycles. The van der Waals surface area contributed by atoms with Crippen LogP contribution in [-0.4, -0.2) is 24.4 Å². The van der Waals surface area contributed by atoms with Crippen LogP contribution in [0, 0.1) is 24.2 Å². The van der Waals surface area contributed by atoms with E-state index >= 15 is 0 Å². The molecule has 2 aliphatic rings. The minimum absolute atomic E-state index is 0.155. The van der Waals surface area contributed by atoms with Crippen LogP contribution in [0.25, 0.3) is 0 Å². The molecular formula is C23H25F3NO. The van der Waals surface area contributed by atoms with Crippen molar-refractivity contribution in [1.29, 1.82) is 0 Å². The number of hydrogen-bond acceptors (Lipinski definition) is 2. The van der Waals surface area contributed by atoms with Gasteiger partial charge in [-0.3, -0.25) is 4.90 Å². The minimum atomic E-state index is -4.65. The molecule has 0 N–H and O–H groups in total. The summed E-state index contributed by atoms with van der Waals surface area (Å²) in [6, 6.07) is 15.1. The molecule has 2 aromatic carbocycles. The summed E-state index contributed by atoms with van der Waals surface area (Å²) in [5.41, 5.74) is 3.52. The van der Waals surface area contributed by atoms with E-state index in [-0.39, 0.29) is 5.75 Å². The fraction of sp³-hybridized carbons (Fsp3) is 0.435. The Morgan fingerprint density at radius 1 is 1.04 bits per heavy atom. The van der Waals surface area contributed by atoms with Gasteiger partial charge in [0.05, 0.1) is 0 Å². The maximum Gasteiger partial charge on any atom is 0.573 e. The number of rotatable bonds is 7. The van der Waals surface area contributed by atoms with Gasteiger partial charge in [-0.15, -0.1) is 13.2 Å². The fourth-order valence-corrected chi connectivity index (χ4v) is 4.46. The molecule has 1 heterocycles. The lowest BCUT2D eigenvalue weighted by atomic mass is 10.0. The third-order valence-corrected chi connectivity index (χ3v) is 6.00. The Labute approximate surface area is 164 Å². The van der Waals surface area contributed by atoms with Gasteiger partial charge in [-0.2, -0.15) is 0 Å². The van der Waals surface area contributed by atoms with E-state index in [9.17, 15) is 13.2 Å². The van der Waals surface area contributed by atoms with Gasteiger partial charge in [-0.1, -0.05) is 43.3 Å². The molecule has 28 heavy (non-hydrogen) atoms. The molecule has 1 aliphatic heterocycles. The van der Waals surface area contributed by atoms with Gasteiger partial charge in [0.2, 0.25) is 0 Å². The highest BCUT2D eigenvalue weighted by Gasteiger charge is 2.54. The summed E-state index contributed by atoms with van der Waals surface area (Å²) in [7, 11) is 0. The van der Waals surface area contributed by atoms with Gasteiger partial charge in [-0.25, -0.2) is 0 Å². The van der Waals surface area contributed by atoms with E-state index in [2.05, 4.69) is 40.8 Å². The second kappa shape index (κ2) is 7.78. The van der Waals surface area contributed by atoms with Crippen LogP contribution in [0.4, 0.5) is 13.2 Å². The quantitative estimate of drug-likeness (QED) is 0.624. The highest BCUT2D eigenvalue weighted by molar-refractivity contribution is 5.33. The van der Waals surface area contributed by atoms with Gasteiger partial charge >= 0.3 is 6.36 Å². The third kappa shape index (κ3) is 4.69. The maximum absolute atomic E-state index is 12.3. The summed E-state index contributed by atoms with van der Waals surface area (Å²) in [6.45, 7) is 5.41. The monoisotopic (exact) mass is 388 g/mol. The van der Waals surface area contributed by atoms with Gasteiger partial charge in [0.15, 0.2) is 0 Å². The largest absolute Gasteiger partial charge is 0.573 e. The van der Waals surface area contributed by atoms with Crippen molar-refractivity contribution in [2.24, 2.45) is 17.8 Å². The molecule has 4 rings (SSSR count). The SMILES string of the molecule is CCc1ccc(CN2CC3C(C[CH]c4cccc(OC(F)(F)F)c4)C3C2)cc1. The molecule has 2 fully saturated rings. The molecular weight excluding hydrogens is 363 g/mol. The molecule has 2 unspecified atom stereocenters. The molecule has 1 radical (unpaired) electrons. The second-order valence-electron chi connectivity index (χ2n) is 7.92. The smallest absolute Gasteiger partial charge is 0.406 e. The van der Waals surface area contributed by atoms with Gasteiger partial charge < -0.3 is 4.74 Å². The normalized spacial score (nSPS) is 24.2. The summed E-state index contributed by atoms with van der Waals surface area (Å²) < 4.78 is 41.0. The first-order valence-corrected chi connectivity index (χ1v) is 9.90. The molecule has 149 valence electrons. The Morgan fingerprint density at radius 2 is 1.71 bits per heavy atom. The van der Waals surface area contributed by atoms with Crippen LogP contribution < -0.4 is 4.74 Å². The zero-order valence-corrected chi connectivity index (χ0v) is 16.0. The number of nitrogens with zero attached hydrogens (tertiary/aromatic N) is 1. The molecule has 2 nitrogen and oxygen atoms in total. The van der Waals surface area contributed by atoms with Crippen molar-refractivity contribution in [3.8, 4) is 5.75 Å². The molecule has 2 atom stereocenters. The van der Waals surface area contributed by atoms with Crippen molar-refractivity contribution in [3.63, 3.8) is 0 Å². The number of piperidine rings is 1. The summed E-state index contributed by atoms with van der Waals surface area (Å²) in [4.78, 5) is 2.52.